The molecule has 0 aromatic carbocycles. The van der Waals surface area contributed by atoms with Crippen LogP contribution in [0.5, 0.6) is 5.75 Å². The van der Waals surface area contributed by atoms with Gasteiger partial charge in [0.1, 0.15) is 16.3 Å². The van der Waals surface area contributed by atoms with Crippen molar-refractivity contribution in [3.8, 4) is 5.75 Å². The third-order valence-corrected chi connectivity index (χ3v) is 5.26. The smallest absolute Gasteiger partial charge is 0.267 e. The summed E-state index contributed by atoms with van der Waals surface area (Å²) in [6, 6.07) is 0. The van der Waals surface area contributed by atoms with Crippen molar-refractivity contribution in [1.29, 1.82) is 0 Å². The molecule has 7 nitrogen and oxygen atoms in total. The number of nitrogens with zero attached hydrogens (tertiary/aromatic N) is 3. The Kier molecular flexibility index (Phi) is 4.89. The van der Waals surface area contributed by atoms with Gasteiger partial charge in [-0.15, -0.1) is 10.2 Å². The van der Waals surface area contributed by atoms with Gasteiger partial charge in [-0.3, -0.25) is 14.9 Å². The van der Waals surface area contributed by atoms with Crippen LogP contribution < -0.4 is 10.9 Å². The van der Waals surface area contributed by atoms with Crippen molar-refractivity contribution in [3.05, 3.63) is 32.2 Å². The lowest BCUT2D eigenvalue weighted by Crippen LogP contribution is -2.34. The van der Waals surface area contributed by atoms with E-state index in [4.69, 9.17) is 0 Å². The van der Waals surface area contributed by atoms with Crippen LogP contribution >= 0.6 is 11.3 Å². The zero-order chi connectivity index (χ0) is 18.1. The zero-order valence-corrected chi connectivity index (χ0v) is 15.4. The van der Waals surface area contributed by atoms with Crippen molar-refractivity contribution in [1.82, 2.24) is 14.8 Å². The number of nitrogens with one attached hydrogen (secondary N) is 1. The lowest BCUT2D eigenvalue weighted by atomic mass is 9.86. The Morgan fingerprint density at radius 3 is 2.84 bits per heavy atom. The molecule has 8 heteroatoms. The first kappa shape index (κ1) is 17.6. The predicted molar refractivity (Wildman–Crippen MR) is 96.4 cm³/mol. The van der Waals surface area contributed by atoms with Gasteiger partial charge >= 0.3 is 0 Å². The second-order valence-corrected chi connectivity index (χ2v) is 7.72. The third kappa shape index (κ3) is 3.30. The first-order valence-electron chi connectivity index (χ1n) is 8.51. The molecule has 0 aliphatic heterocycles. The van der Waals surface area contributed by atoms with Crippen LogP contribution in [0.15, 0.2) is 4.79 Å². The van der Waals surface area contributed by atoms with E-state index >= 15 is 0 Å². The number of hydrogen-bond donors (Lipinski definition) is 2. The standard InChI is InChI=1S/C17H22N4O3S/c1-4-7-21-12-6-5-9(2)8-11(12)14(22)13(16(21)24)15(23)18-17-20-19-10(3)25-17/h9,22H,4-8H2,1-3H3,(H,18,20,23). The second-order valence-electron chi connectivity index (χ2n) is 6.53. The molecule has 1 amide bonds. The number of rotatable bonds is 4. The molecule has 0 fully saturated rings. The number of hydrogen-bond acceptors (Lipinski definition) is 6. The van der Waals surface area contributed by atoms with Gasteiger partial charge in [0.15, 0.2) is 0 Å². The first-order valence-corrected chi connectivity index (χ1v) is 9.33. The van der Waals surface area contributed by atoms with Gasteiger partial charge in [0.25, 0.3) is 11.5 Å². The fourth-order valence-corrected chi connectivity index (χ4v) is 3.90. The van der Waals surface area contributed by atoms with E-state index in [1.807, 2.05) is 6.92 Å². The van der Waals surface area contributed by atoms with Crippen LogP contribution in [-0.4, -0.2) is 25.8 Å². The molecule has 0 radical (unpaired) electrons. The van der Waals surface area contributed by atoms with Crippen molar-refractivity contribution in [2.45, 2.75) is 53.0 Å². The summed E-state index contributed by atoms with van der Waals surface area (Å²) in [6.07, 6.45) is 3.18. The molecule has 0 spiro atoms. The lowest BCUT2D eigenvalue weighted by molar-refractivity contribution is 0.102. The van der Waals surface area contributed by atoms with Crippen LogP contribution in [0.3, 0.4) is 0 Å². The number of aryl methyl sites for hydroxylation is 1. The van der Waals surface area contributed by atoms with Crippen LogP contribution in [0.1, 0.15) is 53.3 Å². The Labute approximate surface area is 149 Å². The number of carbonyl (C=O) groups is 1. The van der Waals surface area contributed by atoms with Gasteiger partial charge in [0.05, 0.1) is 0 Å². The summed E-state index contributed by atoms with van der Waals surface area (Å²) in [5.41, 5.74) is 0.955. The van der Waals surface area contributed by atoms with Crippen LogP contribution in [0.2, 0.25) is 0 Å². The predicted octanol–water partition coefficient (Wildman–Crippen LogP) is 2.50. The summed E-state index contributed by atoms with van der Waals surface area (Å²) in [7, 11) is 0. The van der Waals surface area contributed by atoms with Gasteiger partial charge in [-0.05, 0) is 38.5 Å². The van der Waals surface area contributed by atoms with E-state index in [1.165, 1.54) is 11.3 Å². The fourth-order valence-electron chi connectivity index (χ4n) is 3.31. The van der Waals surface area contributed by atoms with Crippen LogP contribution in [0.25, 0.3) is 0 Å². The van der Waals surface area contributed by atoms with E-state index in [0.717, 1.165) is 30.5 Å². The number of amides is 1. The average Bonchev–Trinajstić information content (AvgIpc) is 2.96. The van der Waals surface area contributed by atoms with Crippen molar-refractivity contribution in [2.75, 3.05) is 5.32 Å². The van der Waals surface area contributed by atoms with Gasteiger partial charge in [-0.1, -0.05) is 25.2 Å². The minimum absolute atomic E-state index is 0.183. The summed E-state index contributed by atoms with van der Waals surface area (Å²) in [5.74, 6) is -0.408. The second kappa shape index (κ2) is 6.95. The molecule has 2 heterocycles. The molecule has 1 atom stereocenters. The quantitative estimate of drug-likeness (QED) is 0.871. The van der Waals surface area contributed by atoms with Gasteiger partial charge < -0.3 is 9.67 Å². The van der Waals surface area contributed by atoms with Crippen LogP contribution in [-0.2, 0) is 19.4 Å². The number of aromatic nitrogens is 3. The van der Waals surface area contributed by atoms with Crippen LogP contribution in [0.4, 0.5) is 5.13 Å². The molecule has 25 heavy (non-hydrogen) atoms. The maximum atomic E-state index is 12.9. The molecule has 1 aliphatic rings. The number of carbonyl (C=O) groups excluding carboxylic acids is 1. The first-order chi connectivity index (χ1) is 11.9. The molecule has 134 valence electrons. The molecule has 0 saturated heterocycles. The highest BCUT2D eigenvalue weighted by molar-refractivity contribution is 7.15. The van der Waals surface area contributed by atoms with E-state index < -0.39 is 11.5 Å². The molecule has 0 saturated carbocycles. The maximum absolute atomic E-state index is 12.9. The summed E-state index contributed by atoms with van der Waals surface area (Å²) < 4.78 is 1.65. The lowest BCUT2D eigenvalue weighted by Gasteiger charge is -2.26. The molecule has 0 bridgehead atoms. The Morgan fingerprint density at radius 1 is 1.44 bits per heavy atom. The van der Waals surface area contributed by atoms with Crippen molar-refractivity contribution < 1.29 is 9.90 Å². The van der Waals surface area contributed by atoms with Crippen molar-refractivity contribution in [3.63, 3.8) is 0 Å². The Bertz CT molecular complexity index is 872. The Balaban J connectivity index is 2.09. The minimum Gasteiger partial charge on any atom is -0.507 e. The van der Waals surface area contributed by atoms with E-state index in [1.54, 1.807) is 11.5 Å². The number of pyridine rings is 1. The van der Waals surface area contributed by atoms with Gasteiger partial charge in [0.2, 0.25) is 5.13 Å². The van der Waals surface area contributed by atoms with E-state index in [-0.39, 0.29) is 11.3 Å². The highest BCUT2D eigenvalue weighted by atomic mass is 32.1. The minimum atomic E-state index is -0.635. The van der Waals surface area contributed by atoms with Gasteiger partial charge in [-0.2, -0.15) is 0 Å². The van der Waals surface area contributed by atoms with E-state index in [0.29, 0.717) is 29.0 Å². The highest BCUT2D eigenvalue weighted by Gasteiger charge is 2.29. The summed E-state index contributed by atoms with van der Waals surface area (Å²) in [5, 5.41) is 22.0. The average molecular weight is 362 g/mol. The summed E-state index contributed by atoms with van der Waals surface area (Å²) in [6.45, 7) is 6.41. The number of fused-ring (bicyclic) bond motifs is 1. The normalized spacial score (nSPS) is 16.5. The van der Waals surface area contributed by atoms with Gasteiger partial charge in [-0.25, -0.2) is 0 Å². The van der Waals surface area contributed by atoms with Crippen LogP contribution in [0, 0.1) is 12.8 Å². The number of anilines is 1. The number of aromatic hydroxyl groups is 1. The monoisotopic (exact) mass is 362 g/mol. The van der Waals surface area contributed by atoms with Crippen molar-refractivity contribution >= 4 is 22.4 Å². The Morgan fingerprint density at radius 2 is 2.20 bits per heavy atom. The van der Waals surface area contributed by atoms with E-state index in [2.05, 4.69) is 22.4 Å². The molecule has 2 N–H and O–H groups in total. The maximum Gasteiger partial charge on any atom is 0.267 e. The fraction of sp³-hybridized carbons (Fsp3) is 0.529. The molecule has 1 unspecified atom stereocenters. The SMILES string of the molecule is CCCn1c2c(c(O)c(C(=O)Nc3nnc(C)s3)c1=O)CC(C)CC2. The largest absolute Gasteiger partial charge is 0.507 e. The summed E-state index contributed by atoms with van der Waals surface area (Å²) in [4.78, 5) is 25.5. The molecule has 3 rings (SSSR count). The summed E-state index contributed by atoms with van der Waals surface area (Å²) >= 11 is 1.22. The molecule has 1 aliphatic carbocycles. The van der Waals surface area contributed by atoms with Crippen molar-refractivity contribution in [2.24, 2.45) is 5.92 Å². The van der Waals surface area contributed by atoms with Gasteiger partial charge in [0, 0.05) is 17.8 Å². The Hall–Kier alpha value is -2.22. The molecular weight excluding hydrogens is 340 g/mol. The molecule has 2 aromatic heterocycles. The third-order valence-electron chi connectivity index (χ3n) is 4.50. The topological polar surface area (TPSA) is 97.1 Å². The molecule has 2 aromatic rings. The zero-order valence-electron chi connectivity index (χ0n) is 14.6. The highest BCUT2D eigenvalue weighted by Crippen LogP contribution is 2.33. The molecular formula is C17H22N4O3S. The van der Waals surface area contributed by atoms with E-state index in [9.17, 15) is 14.7 Å².